The van der Waals surface area contributed by atoms with Crippen LogP contribution in [0.5, 0.6) is 0 Å². The van der Waals surface area contributed by atoms with E-state index >= 15 is 0 Å². The molecule has 0 radical (unpaired) electrons. The largest absolute Gasteiger partial charge is 0.280 e. The van der Waals surface area contributed by atoms with Gasteiger partial charge in [0.15, 0.2) is 6.35 Å². The van der Waals surface area contributed by atoms with E-state index in [-0.39, 0.29) is 0 Å². The third-order valence-corrected chi connectivity index (χ3v) is 0.630. The van der Waals surface area contributed by atoms with Gasteiger partial charge < -0.3 is 0 Å². The van der Waals surface area contributed by atoms with Gasteiger partial charge in [0.05, 0.1) is 0 Å². The summed E-state index contributed by atoms with van der Waals surface area (Å²) in [6.45, 7) is 0. The van der Waals surface area contributed by atoms with Crippen LogP contribution in [0.25, 0.3) is 0 Å². The molecule has 0 aliphatic rings. The molecule has 0 aromatic heterocycles. The minimum absolute atomic E-state index is 0.458. The molecule has 3 N–H and O–H groups in total. The first kappa shape index (κ1) is 6.84. The van der Waals surface area contributed by atoms with E-state index in [4.69, 9.17) is 5.26 Å². The van der Waals surface area contributed by atoms with Crippen LogP contribution in [-0.2, 0) is 4.89 Å². The molecule has 0 atom stereocenters. The highest BCUT2D eigenvalue weighted by Crippen LogP contribution is 1.68. The molecule has 44 valence electrons. The normalized spacial score (nSPS) is 10.3. The molecule has 0 aromatic rings. The molecule has 0 aliphatic heterocycles. The zero-order chi connectivity index (χ0) is 5.70. The van der Waals surface area contributed by atoms with E-state index in [9.17, 15) is 0 Å². The number of hydrogen-bond donors (Lipinski definition) is 3. The highest BCUT2D eigenvalue weighted by molar-refractivity contribution is 4.36. The molecule has 0 rings (SSSR count). The van der Waals surface area contributed by atoms with Gasteiger partial charge in [0, 0.05) is 0 Å². The van der Waals surface area contributed by atoms with Crippen LogP contribution in [0.4, 0.5) is 0 Å². The maximum absolute atomic E-state index is 7.90. The van der Waals surface area contributed by atoms with Crippen molar-refractivity contribution in [2.24, 2.45) is 0 Å². The molecule has 0 unspecified atom stereocenters. The summed E-state index contributed by atoms with van der Waals surface area (Å²) < 4.78 is 0. The van der Waals surface area contributed by atoms with Crippen LogP contribution < -0.4 is 10.6 Å². The van der Waals surface area contributed by atoms with Crippen LogP contribution in [0, 0.1) is 0 Å². The summed E-state index contributed by atoms with van der Waals surface area (Å²) in [6.07, 6.45) is -0.458. The maximum atomic E-state index is 7.90. The Kier molecular flexibility index (Phi) is 3.92. The predicted octanol–water partition coefficient (Wildman–Crippen LogP) is -0.802. The highest BCUT2D eigenvalue weighted by atomic mass is 17.1. The van der Waals surface area contributed by atoms with Crippen LogP contribution in [0.15, 0.2) is 0 Å². The van der Waals surface area contributed by atoms with Gasteiger partial charge in [-0.3, -0.25) is 10.6 Å². The van der Waals surface area contributed by atoms with Crippen molar-refractivity contribution in [3.8, 4) is 0 Å². The van der Waals surface area contributed by atoms with Crippen molar-refractivity contribution in [2.75, 3.05) is 14.1 Å². The Bertz CT molecular complexity index is 32.4. The van der Waals surface area contributed by atoms with Crippen molar-refractivity contribution in [3.63, 3.8) is 0 Å². The van der Waals surface area contributed by atoms with E-state index < -0.39 is 6.35 Å². The second kappa shape index (κ2) is 4.01. The SMILES string of the molecule is CNC(NC)OO. The van der Waals surface area contributed by atoms with Crippen LogP contribution in [0.2, 0.25) is 0 Å². The summed E-state index contributed by atoms with van der Waals surface area (Å²) in [4.78, 5) is 3.83. The Morgan fingerprint density at radius 2 is 1.86 bits per heavy atom. The summed E-state index contributed by atoms with van der Waals surface area (Å²) in [5, 5.41) is 13.1. The number of nitrogens with one attached hydrogen (secondary N) is 2. The van der Waals surface area contributed by atoms with Gasteiger partial charge in [-0.25, -0.2) is 10.1 Å². The molecule has 0 aliphatic carbocycles. The predicted molar refractivity (Wildman–Crippen MR) is 25.6 cm³/mol. The van der Waals surface area contributed by atoms with Crippen LogP contribution >= 0.6 is 0 Å². The Morgan fingerprint density at radius 1 is 1.43 bits per heavy atom. The average Bonchev–Trinajstić information content (AvgIpc) is 1.72. The van der Waals surface area contributed by atoms with E-state index in [0.717, 1.165) is 0 Å². The van der Waals surface area contributed by atoms with E-state index in [1.165, 1.54) is 0 Å². The molecule has 0 fully saturated rings. The zero-order valence-corrected chi connectivity index (χ0v) is 4.43. The summed E-state index contributed by atoms with van der Waals surface area (Å²) in [6, 6.07) is 0. The van der Waals surface area contributed by atoms with Gasteiger partial charge in [0.25, 0.3) is 0 Å². The van der Waals surface area contributed by atoms with E-state index in [2.05, 4.69) is 15.5 Å². The van der Waals surface area contributed by atoms with E-state index in [1.54, 1.807) is 14.1 Å². The third-order valence-electron chi connectivity index (χ3n) is 0.630. The van der Waals surface area contributed by atoms with Gasteiger partial charge >= 0.3 is 0 Å². The third kappa shape index (κ3) is 2.52. The number of rotatable bonds is 3. The molecular formula is C3H10N2O2. The van der Waals surface area contributed by atoms with Gasteiger partial charge in [-0.1, -0.05) is 0 Å². The first-order valence-corrected chi connectivity index (χ1v) is 2.00. The quantitative estimate of drug-likeness (QED) is 0.250. The second-order valence-electron chi connectivity index (χ2n) is 1.06. The molecule has 0 saturated carbocycles. The van der Waals surface area contributed by atoms with Crippen LogP contribution in [0.3, 0.4) is 0 Å². The standard InChI is InChI=1S/C3H10N2O2/c1-4-3(5-2)7-6/h3-6H,1-2H3. The van der Waals surface area contributed by atoms with Crippen LogP contribution in [0.1, 0.15) is 0 Å². The maximum Gasteiger partial charge on any atom is 0.196 e. The average molecular weight is 106 g/mol. The van der Waals surface area contributed by atoms with Gasteiger partial charge in [0.1, 0.15) is 0 Å². The lowest BCUT2D eigenvalue weighted by atomic mass is 10.9. The fourth-order valence-electron chi connectivity index (χ4n) is 0.250. The molecular weight excluding hydrogens is 96.0 g/mol. The van der Waals surface area contributed by atoms with Gasteiger partial charge in [0.2, 0.25) is 0 Å². The molecule has 0 aromatic carbocycles. The molecule has 0 bridgehead atoms. The lowest BCUT2D eigenvalue weighted by Crippen LogP contribution is -2.39. The van der Waals surface area contributed by atoms with Crippen molar-refractivity contribution in [3.05, 3.63) is 0 Å². The Hall–Kier alpha value is -0.160. The minimum atomic E-state index is -0.458. The lowest BCUT2D eigenvalue weighted by Gasteiger charge is -2.08. The van der Waals surface area contributed by atoms with E-state index in [1.807, 2.05) is 0 Å². The Labute approximate surface area is 42.4 Å². The van der Waals surface area contributed by atoms with Gasteiger partial charge in [-0.15, -0.1) is 0 Å². The van der Waals surface area contributed by atoms with Gasteiger partial charge in [-0.05, 0) is 14.1 Å². The fraction of sp³-hybridized carbons (Fsp3) is 1.00. The molecule has 4 nitrogen and oxygen atoms in total. The van der Waals surface area contributed by atoms with Crippen molar-refractivity contribution in [1.82, 2.24) is 10.6 Å². The first-order valence-electron chi connectivity index (χ1n) is 2.00. The Balaban J connectivity index is 2.99. The zero-order valence-electron chi connectivity index (χ0n) is 4.43. The summed E-state index contributed by atoms with van der Waals surface area (Å²) in [7, 11) is 3.33. The molecule has 0 saturated heterocycles. The monoisotopic (exact) mass is 106 g/mol. The van der Waals surface area contributed by atoms with Crippen molar-refractivity contribution in [2.45, 2.75) is 6.35 Å². The summed E-state index contributed by atoms with van der Waals surface area (Å²) in [5.74, 6) is 0. The number of hydrogen-bond acceptors (Lipinski definition) is 4. The fourth-order valence-corrected chi connectivity index (χ4v) is 0.250. The van der Waals surface area contributed by atoms with Crippen molar-refractivity contribution < 1.29 is 10.1 Å². The van der Waals surface area contributed by atoms with Crippen LogP contribution in [-0.4, -0.2) is 25.7 Å². The topological polar surface area (TPSA) is 53.5 Å². The van der Waals surface area contributed by atoms with Crippen molar-refractivity contribution in [1.29, 1.82) is 0 Å². The second-order valence-corrected chi connectivity index (χ2v) is 1.06. The highest BCUT2D eigenvalue weighted by Gasteiger charge is 1.95. The Morgan fingerprint density at radius 3 is 1.86 bits per heavy atom. The lowest BCUT2D eigenvalue weighted by molar-refractivity contribution is -0.291. The molecule has 0 spiro atoms. The van der Waals surface area contributed by atoms with Gasteiger partial charge in [-0.2, -0.15) is 0 Å². The molecule has 4 heteroatoms. The first-order chi connectivity index (χ1) is 3.35. The van der Waals surface area contributed by atoms with E-state index in [0.29, 0.717) is 0 Å². The van der Waals surface area contributed by atoms with Crippen molar-refractivity contribution >= 4 is 0 Å². The smallest absolute Gasteiger partial charge is 0.196 e. The molecule has 7 heavy (non-hydrogen) atoms. The summed E-state index contributed by atoms with van der Waals surface area (Å²) >= 11 is 0. The molecule has 0 heterocycles. The summed E-state index contributed by atoms with van der Waals surface area (Å²) in [5.41, 5.74) is 0. The minimum Gasteiger partial charge on any atom is -0.280 e. The molecule has 0 amide bonds.